The third kappa shape index (κ3) is 3.29. The molecule has 0 spiro atoms. The SMILES string of the molecule is Cc1cccc(NC(=O)Nc2nnc(-c3csc(C)n3)o2)c1. The summed E-state index contributed by atoms with van der Waals surface area (Å²) in [5, 5.41) is 15.5. The quantitative estimate of drug-likeness (QED) is 0.772. The number of nitrogens with zero attached hydrogens (tertiary/aromatic N) is 3. The van der Waals surface area contributed by atoms with Crippen LogP contribution in [-0.2, 0) is 0 Å². The molecule has 0 aliphatic carbocycles. The number of anilines is 2. The zero-order valence-electron chi connectivity index (χ0n) is 12.0. The molecule has 0 radical (unpaired) electrons. The van der Waals surface area contributed by atoms with Crippen LogP contribution >= 0.6 is 11.3 Å². The molecule has 112 valence electrons. The highest BCUT2D eigenvalue weighted by molar-refractivity contribution is 7.09. The number of hydrogen-bond acceptors (Lipinski definition) is 6. The minimum atomic E-state index is -0.449. The number of carbonyl (C=O) groups excluding carboxylic acids is 1. The Morgan fingerprint density at radius 1 is 1.23 bits per heavy atom. The van der Waals surface area contributed by atoms with E-state index in [-0.39, 0.29) is 11.9 Å². The van der Waals surface area contributed by atoms with Gasteiger partial charge in [-0.2, -0.15) is 0 Å². The van der Waals surface area contributed by atoms with Gasteiger partial charge in [-0.25, -0.2) is 9.78 Å². The lowest BCUT2D eigenvalue weighted by Crippen LogP contribution is -2.19. The fourth-order valence-corrected chi connectivity index (χ4v) is 2.41. The number of hydrogen-bond donors (Lipinski definition) is 2. The van der Waals surface area contributed by atoms with Gasteiger partial charge in [-0.15, -0.1) is 16.4 Å². The van der Waals surface area contributed by atoms with Crippen LogP contribution in [0.3, 0.4) is 0 Å². The molecule has 8 heteroatoms. The first kappa shape index (κ1) is 14.2. The van der Waals surface area contributed by atoms with E-state index in [2.05, 4.69) is 25.8 Å². The molecule has 0 atom stereocenters. The average Bonchev–Trinajstić information content (AvgIpc) is 3.07. The fraction of sp³-hybridized carbons (Fsp3) is 0.143. The van der Waals surface area contributed by atoms with E-state index < -0.39 is 6.03 Å². The summed E-state index contributed by atoms with van der Waals surface area (Å²) in [5.74, 6) is 0.273. The molecule has 2 N–H and O–H groups in total. The van der Waals surface area contributed by atoms with E-state index in [1.165, 1.54) is 11.3 Å². The molecule has 0 unspecified atom stereocenters. The Bertz CT molecular complexity index is 811. The van der Waals surface area contributed by atoms with E-state index >= 15 is 0 Å². The molecule has 0 fully saturated rings. The maximum Gasteiger partial charge on any atom is 0.327 e. The molecule has 0 aliphatic heterocycles. The predicted octanol–water partition coefficient (Wildman–Crippen LogP) is 3.45. The van der Waals surface area contributed by atoms with Crippen molar-refractivity contribution in [1.82, 2.24) is 15.2 Å². The second-order valence-electron chi connectivity index (χ2n) is 4.61. The van der Waals surface area contributed by atoms with Gasteiger partial charge in [0.15, 0.2) is 0 Å². The van der Waals surface area contributed by atoms with E-state index in [1.807, 2.05) is 37.4 Å². The predicted molar refractivity (Wildman–Crippen MR) is 84.0 cm³/mol. The summed E-state index contributed by atoms with van der Waals surface area (Å²) < 4.78 is 5.37. The summed E-state index contributed by atoms with van der Waals surface area (Å²) in [7, 11) is 0. The van der Waals surface area contributed by atoms with Crippen molar-refractivity contribution in [3.63, 3.8) is 0 Å². The van der Waals surface area contributed by atoms with Crippen molar-refractivity contribution in [2.24, 2.45) is 0 Å². The summed E-state index contributed by atoms with van der Waals surface area (Å²) in [6, 6.07) is 7.03. The van der Waals surface area contributed by atoms with Gasteiger partial charge in [0.1, 0.15) is 5.69 Å². The van der Waals surface area contributed by atoms with Crippen molar-refractivity contribution in [2.45, 2.75) is 13.8 Å². The van der Waals surface area contributed by atoms with Crippen molar-refractivity contribution >= 4 is 29.1 Å². The number of nitrogens with one attached hydrogen (secondary N) is 2. The standard InChI is InChI=1S/C14H13N5O2S/c1-8-4-3-5-10(6-8)16-13(20)17-14-19-18-12(21-14)11-7-22-9(2)15-11/h3-7H,1-2H3,(H2,16,17,19,20). The van der Waals surface area contributed by atoms with Gasteiger partial charge < -0.3 is 9.73 Å². The highest BCUT2D eigenvalue weighted by atomic mass is 32.1. The van der Waals surface area contributed by atoms with E-state index in [1.54, 1.807) is 6.07 Å². The molecule has 7 nitrogen and oxygen atoms in total. The summed E-state index contributed by atoms with van der Waals surface area (Å²) >= 11 is 1.49. The Morgan fingerprint density at radius 2 is 2.09 bits per heavy atom. The van der Waals surface area contributed by atoms with E-state index in [4.69, 9.17) is 4.42 Å². The van der Waals surface area contributed by atoms with Crippen LogP contribution in [0.25, 0.3) is 11.6 Å². The molecule has 2 heterocycles. The van der Waals surface area contributed by atoms with Gasteiger partial charge in [-0.3, -0.25) is 5.32 Å². The third-order valence-corrected chi connectivity index (χ3v) is 3.53. The summed E-state index contributed by atoms with van der Waals surface area (Å²) in [6.07, 6.45) is 0. The van der Waals surface area contributed by atoms with Crippen molar-refractivity contribution in [2.75, 3.05) is 10.6 Å². The van der Waals surface area contributed by atoms with Crippen LogP contribution < -0.4 is 10.6 Å². The van der Waals surface area contributed by atoms with Crippen LogP contribution in [0.15, 0.2) is 34.1 Å². The first-order valence-electron chi connectivity index (χ1n) is 6.51. The number of urea groups is 1. The largest absolute Gasteiger partial charge is 0.401 e. The van der Waals surface area contributed by atoms with Crippen molar-refractivity contribution in [3.05, 3.63) is 40.2 Å². The molecule has 2 amide bonds. The number of amides is 2. The lowest BCUT2D eigenvalue weighted by atomic mass is 10.2. The minimum Gasteiger partial charge on any atom is -0.401 e. The lowest BCUT2D eigenvalue weighted by Gasteiger charge is -2.04. The normalized spacial score (nSPS) is 10.5. The third-order valence-electron chi connectivity index (χ3n) is 2.76. The second-order valence-corrected chi connectivity index (χ2v) is 5.67. The van der Waals surface area contributed by atoms with Crippen molar-refractivity contribution in [1.29, 1.82) is 0 Å². The fourth-order valence-electron chi connectivity index (χ4n) is 1.82. The minimum absolute atomic E-state index is 0.0193. The van der Waals surface area contributed by atoms with Crippen molar-refractivity contribution < 1.29 is 9.21 Å². The summed E-state index contributed by atoms with van der Waals surface area (Å²) in [6.45, 7) is 3.84. The van der Waals surface area contributed by atoms with Crippen LogP contribution in [0.5, 0.6) is 0 Å². The zero-order chi connectivity index (χ0) is 15.5. The lowest BCUT2D eigenvalue weighted by molar-refractivity contribution is 0.261. The molecule has 3 rings (SSSR count). The first-order chi connectivity index (χ1) is 10.6. The summed E-state index contributed by atoms with van der Waals surface area (Å²) in [4.78, 5) is 16.1. The Labute approximate surface area is 130 Å². The molecule has 1 aromatic carbocycles. The summed E-state index contributed by atoms with van der Waals surface area (Å²) in [5.41, 5.74) is 2.34. The van der Waals surface area contributed by atoms with Gasteiger partial charge in [-0.1, -0.05) is 17.2 Å². The highest BCUT2D eigenvalue weighted by Crippen LogP contribution is 2.21. The molecule has 0 bridgehead atoms. The van der Waals surface area contributed by atoms with Crippen molar-refractivity contribution in [3.8, 4) is 11.6 Å². The Balaban J connectivity index is 1.66. The first-order valence-corrected chi connectivity index (χ1v) is 7.39. The number of benzene rings is 1. The molecule has 3 aromatic rings. The van der Waals surface area contributed by atoms with E-state index in [9.17, 15) is 4.79 Å². The highest BCUT2D eigenvalue weighted by Gasteiger charge is 2.13. The maximum atomic E-state index is 11.9. The number of aromatic nitrogens is 3. The Morgan fingerprint density at radius 3 is 2.82 bits per heavy atom. The van der Waals surface area contributed by atoms with E-state index in [0.717, 1.165) is 10.6 Å². The number of thiazole rings is 1. The Hall–Kier alpha value is -2.74. The van der Waals surface area contributed by atoms with Gasteiger partial charge in [-0.05, 0) is 31.5 Å². The molecule has 22 heavy (non-hydrogen) atoms. The zero-order valence-corrected chi connectivity index (χ0v) is 12.8. The molecule has 0 aliphatic rings. The average molecular weight is 315 g/mol. The molecule has 0 saturated carbocycles. The van der Waals surface area contributed by atoms with Gasteiger partial charge in [0.25, 0.3) is 5.89 Å². The van der Waals surface area contributed by atoms with Crippen LogP contribution in [0.2, 0.25) is 0 Å². The van der Waals surface area contributed by atoms with E-state index in [0.29, 0.717) is 11.4 Å². The monoisotopic (exact) mass is 315 g/mol. The number of rotatable bonds is 3. The molecule has 0 saturated heterocycles. The maximum absolute atomic E-state index is 11.9. The molecular formula is C14H13N5O2S. The number of carbonyl (C=O) groups is 1. The van der Waals surface area contributed by atoms with Gasteiger partial charge in [0, 0.05) is 11.1 Å². The van der Waals surface area contributed by atoms with Crippen LogP contribution in [-0.4, -0.2) is 21.2 Å². The van der Waals surface area contributed by atoms with Gasteiger partial charge >= 0.3 is 12.0 Å². The van der Waals surface area contributed by atoms with Crippen LogP contribution in [0.1, 0.15) is 10.6 Å². The smallest absolute Gasteiger partial charge is 0.327 e. The van der Waals surface area contributed by atoms with Crippen LogP contribution in [0, 0.1) is 13.8 Å². The topological polar surface area (TPSA) is 92.9 Å². The molecule has 2 aromatic heterocycles. The second kappa shape index (κ2) is 5.94. The van der Waals surface area contributed by atoms with Gasteiger partial charge in [0.2, 0.25) is 0 Å². The van der Waals surface area contributed by atoms with Gasteiger partial charge in [0.05, 0.1) is 5.01 Å². The number of aryl methyl sites for hydroxylation is 2. The Kier molecular flexibility index (Phi) is 3.84. The van der Waals surface area contributed by atoms with Crippen LogP contribution in [0.4, 0.5) is 16.5 Å². The molecular weight excluding hydrogens is 302 g/mol.